The maximum absolute atomic E-state index is 13.4. The van der Waals surface area contributed by atoms with E-state index < -0.39 is 10.0 Å². The van der Waals surface area contributed by atoms with Gasteiger partial charge in [-0.05, 0) is 41.8 Å². The highest BCUT2D eigenvalue weighted by atomic mass is 35.5. The normalized spacial score (nSPS) is 13.2. The van der Waals surface area contributed by atoms with Crippen LogP contribution in [0.25, 0.3) is 11.1 Å². The Bertz CT molecular complexity index is 1290. The van der Waals surface area contributed by atoms with Crippen molar-refractivity contribution >= 4 is 33.2 Å². The SMILES string of the molecule is COc1ccc(-c2ccccc2)cc1NS(=O)(=O)c1cc(C(=O)N2CCC2)cc(Cl)c1OC. The van der Waals surface area contributed by atoms with Gasteiger partial charge in [-0.25, -0.2) is 8.42 Å². The molecule has 7 nitrogen and oxygen atoms in total. The molecule has 1 amide bonds. The molecule has 1 aliphatic rings. The molecular formula is C24H23ClN2O5S. The van der Waals surface area contributed by atoms with Crippen LogP contribution in [0.2, 0.25) is 5.02 Å². The number of rotatable bonds is 7. The number of likely N-dealkylation sites (tertiary alicyclic amines) is 1. The zero-order valence-corrected chi connectivity index (χ0v) is 19.7. The number of methoxy groups -OCH3 is 2. The summed E-state index contributed by atoms with van der Waals surface area (Å²) in [6.45, 7) is 1.26. The second kappa shape index (κ2) is 9.33. The zero-order chi connectivity index (χ0) is 23.6. The number of hydrogen-bond donors (Lipinski definition) is 1. The summed E-state index contributed by atoms with van der Waals surface area (Å²) in [7, 11) is -1.41. The standard InChI is InChI=1S/C24H23ClN2O5S/c1-31-21-10-9-17(16-7-4-3-5-8-16)14-20(21)26-33(29,30)22-15-18(13-19(25)23(22)32-2)24(28)27-11-6-12-27/h3-5,7-10,13-15,26H,6,11-12H2,1-2H3. The number of nitrogens with zero attached hydrogens (tertiary/aromatic N) is 1. The van der Waals surface area contributed by atoms with E-state index in [-0.39, 0.29) is 32.8 Å². The predicted molar refractivity (Wildman–Crippen MR) is 128 cm³/mol. The number of ether oxygens (including phenoxy) is 2. The molecule has 0 bridgehead atoms. The highest BCUT2D eigenvalue weighted by Crippen LogP contribution is 2.37. The third kappa shape index (κ3) is 4.62. The minimum absolute atomic E-state index is 0.0363. The van der Waals surface area contributed by atoms with E-state index in [1.807, 2.05) is 36.4 Å². The smallest absolute Gasteiger partial charge is 0.265 e. The Morgan fingerprint density at radius 3 is 2.30 bits per heavy atom. The maximum atomic E-state index is 13.4. The van der Waals surface area contributed by atoms with Gasteiger partial charge >= 0.3 is 0 Å². The minimum Gasteiger partial charge on any atom is -0.495 e. The van der Waals surface area contributed by atoms with Crippen LogP contribution in [0.3, 0.4) is 0 Å². The van der Waals surface area contributed by atoms with Crippen LogP contribution in [0, 0.1) is 0 Å². The summed E-state index contributed by atoms with van der Waals surface area (Å²) in [6.07, 6.45) is 0.917. The molecule has 0 atom stereocenters. The Labute approximate surface area is 197 Å². The average Bonchev–Trinajstić information content (AvgIpc) is 2.77. The van der Waals surface area contributed by atoms with Crippen molar-refractivity contribution in [2.24, 2.45) is 0 Å². The van der Waals surface area contributed by atoms with Crippen LogP contribution >= 0.6 is 11.6 Å². The lowest BCUT2D eigenvalue weighted by atomic mass is 10.1. The van der Waals surface area contributed by atoms with E-state index in [0.717, 1.165) is 17.5 Å². The third-order valence-corrected chi connectivity index (χ3v) is 7.10. The Morgan fingerprint density at radius 2 is 1.70 bits per heavy atom. The lowest BCUT2D eigenvalue weighted by Crippen LogP contribution is -2.42. The van der Waals surface area contributed by atoms with Crippen molar-refractivity contribution < 1.29 is 22.7 Å². The van der Waals surface area contributed by atoms with Crippen LogP contribution in [0.1, 0.15) is 16.8 Å². The van der Waals surface area contributed by atoms with Crippen LogP contribution in [0.4, 0.5) is 5.69 Å². The molecule has 0 aromatic heterocycles. The monoisotopic (exact) mass is 486 g/mol. The second-order valence-electron chi connectivity index (χ2n) is 7.52. The van der Waals surface area contributed by atoms with Gasteiger partial charge in [-0.1, -0.05) is 48.0 Å². The fourth-order valence-electron chi connectivity index (χ4n) is 3.59. The second-order valence-corrected chi connectivity index (χ2v) is 9.58. The molecule has 9 heteroatoms. The van der Waals surface area contributed by atoms with Gasteiger partial charge in [0.15, 0.2) is 5.75 Å². The highest BCUT2D eigenvalue weighted by Gasteiger charge is 2.28. The van der Waals surface area contributed by atoms with Crippen molar-refractivity contribution in [3.8, 4) is 22.6 Å². The first-order valence-electron chi connectivity index (χ1n) is 10.3. The lowest BCUT2D eigenvalue weighted by Gasteiger charge is -2.31. The molecular weight excluding hydrogens is 464 g/mol. The molecule has 1 N–H and O–H groups in total. The predicted octanol–water partition coefficient (Wildman–Crippen LogP) is 4.67. The average molecular weight is 487 g/mol. The molecule has 33 heavy (non-hydrogen) atoms. The van der Waals surface area contributed by atoms with Gasteiger partial charge in [0.05, 0.1) is 24.9 Å². The van der Waals surface area contributed by atoms with Crippen molar-refractivity contribution in [2.45, 2.75) is 11.3 Å². The van der Waals surface area contributed by atoms with Crippen LogP contribution in [-0.4, -0.2) is 46.5 Å². The van der Waals surface area contributed by atoms with Gasteiger partial charge in [0, 0.05) is 18.7 Å². The Hall–Kier alpha value is -3.23. The minimum atomic E-state index is -4.19. The van der Waals surface area contributed by atoms with E-state index in [4.69, 9.17) is 21.1 Å². The van der Waals surface area contributed by atoms with Crippen LogP contribution in [-0.2, 0) is 10.0 Å². The first-order valence-corrected chi connectivity index (χ1v) is 12.1. The number of carbonyl (C=O) groups excluding carboxylic acids is 1. The highest BCUT2D eigenvalue weighted by molar-refractivity contribution is 7.92. The maximum Gasteiger partial charge on any atom is 0.265 e. The van der Waals surface area contributed by atoms with Gasteiger partial charge in [-0.15, -0.1) is 0 Å². The number of halogens is 1. The van der Waals surface area contributed by atoms with Crippen LogP contribution in [0.15, 0.2) is 65.6 Å². The molecule has 1 fully saturated rings. The number of hydrogen-bond acceptors (Lipinski definition) is 5. The summed E-state index contributed by atoms with van der Waals surface area (Å²) < 4.78 is 40.1. The van der Waals surface area contributed by atoms with Crippen LogP contribution < -0.4 is 14.2 Å². The molecule has 1 saturated heterocycles. The summed E-state index contributed by atoms with van der Waals surface area (Å²) in [5.74, 6) is 0.0320. The van der Waals surface area contributed by atoms with Gasteiger partial charge in [0.25, 0.3) is 15.9 Å². The number of benzene rings is 3. The van der Waals surface area contributed by atoms with E-state index in [9.17, 15) is 13.2 Å². The fourth-order valence-corrected chi connectivity index (χ4v) is 5.22. The van der Waals surface area contributed by atoms with E-state index in [1.165, 1.54) is 26.4 Å². The summed E-state index contributed by atoms with van der Waals surface area (Å²) in [5.41, 5.74) is 2.16. The summed E-state index contributed by atoms with van der Waals surface area (Å²) in [6, 6.07) is 17.5. The largest absolute Gasteiger partial charge is 0.495 e. The van der Waals surface area contributed by atoms with Gasteiger partial charge < -0.3 is 14.4 Å². The summed E-state index contributed by atoms with van der Waals surface area (Å²) in [4.78, 5) is 14.1. The first-order chi connectivity index (χ1) is 15.8. The van der Waals surface area contributed by atoms with Crippen molar-refractivity contribution in [3.63, 3.8) is 0 Å². The number of sulfonamides is 1. The van der Waals surface area contributed by atoms with Gasteiger partial charge in [-0.2, -0.15) is 0 Å². The number of amides is 1. The van der Waals surface area contributed by atoms with Crippen molar-refractivity contribution in [2.75, 3.05) is 32.0 Å². The number of carbonyl (C=O) groups is 1. The topological polar surface area (TPSA) is 84.9 Å². The molecule has 0 spiro atoms. The van der Waals surface area contributed by atoms with Crippen LogP contribution in [0.5, 0.6) is 11.5 Å². The zero-order valence-electron chi connectivity index (χ0n) is 18.2. The lowest BCUT2D eigenvalue weighted by molar-refractivity contribution is 0.0651. The fraction of sp³-hybridized carbons (Fsp3) is 0.208. The molecule has 0 saturated carbocycles. The number of nitrogens with one attached hydrogen (secondary N) is 1. The van der Waals surface area contributed by atoms with Crippen molar-refractivity contribution in [1.82, 2.24) is 4.90 Å². The summed E-state index contributed by atoms with van der Waals surface area (Å²) in [5, 5.41) is 0.0363. The third-order valence-electron chi connectivity index (χ3n) is 5.44. The molecule has 0 unspecified atom stereocenters. The molecule has 0 radical (unpaired) electrons. The summed E-state index contributed by atoms with van der Waals surface area (Å²) >= 11 is 6.30. The Morgan fingerprint density at radius 1 is 0.970 bits per heavy atom. The molecule has 0 aliphatic carbocycles. The van der Waals surface area contributed by atoms with Crippen molar-refractivity contribution in [3.05, 3.63) is 71.2 Å². The van der Waals surface area contributed by atoms with Gasteiger partial charge in [0.2, 0.25) is 0 Å². The van der Waals surface area contributed by atoms with E-state index >= 15 is 0 Å². The molecule has 172 valence electrons. The van der Waals surface area contributed by atoms with Gasteiger partial charge in [0.1, 0.15) is 10.6 Å². The number of anilines is 1. The van der Waals surface area contributed by atoms with E-state index in [0.29, 0.717) is 18.8 Å². The molecule has 3 aromatic carbocycles. The van der Waals surface area contributed by atoms with Crippen molar-refractivity contribution in [1.29, 1.82) is 0 Å². The molecule has 1 aliphatic heterocycles. The molecule has 1 heterocycles. The Balaban J connectivity index is 1.76. The van der Waals surface area contributed by atoms with E-state index in [1.54, 1.807) is 17.0 Å². The Kier molecular flexibility index (Phi) is 6.49. The molecule has 3 aromatic rings. The quantitative estimate of drug-likeness (QED) is 0.524. The molecule has 4 rings (SSSR count). The van der Waals surface area contributed by atoms with Gasteiger partial charge in [-0.3, -0.25) is 9.52 Å². The first kappa shape index (κ1) is 22.9. The van der Waals surface area contributed by atoms with E-state index in [2.05, 4.69) is 4.72 Å².